The zero-order valence-corrected chi connectivity index (χ0v) is 13.6. The van der Waals surface area contributed by atoms with Gasteiger partial charge in [0.1, 0.15) is 5.82 Å². The summed E-state index contributed by atoms with van der Waals surface area (Å²) in [7, 11) is 3.18. The number of H-pyrrole nitrogens is 1. The van der Waals surface area contributed by atoms with Gasteiger partial charge < -0.3 is 14.8 Å². The SMILES string of the molecule is CCN1C(=O)N2CCCCC2c2c1nc(C(=O)N(C)C)[nH]c2=O. The van der Waals surface area contributed by atoms with Gasteiger partial charge in [-0.15, -0.1) is 0 Å². The molecule has 0 radical (unpaired) electrons. The number of nitrogens with zero attached hydrogens (tertiary/aromatic N) is 4. The third-order valence-electron chi connectivity index (χ3n) is 4.43. The van der Waals surface area contributed by atoms with E-state index in [1.54, 1.807) is 19.0 Å². The second kappa shape index (κ2) is 5.68. The Hall–Kier alpha value is -2.38. The molecule has 8 nitrogen and oxygen atoms in total. The lowest BCUT2D eigenvalue weighted by atomic mass is 9.94. The number of piperidine rings is 1. The Balaban J connectivity index is 2.18. The van der Waals surface area contributed by atoms with E-state index in [-0.39, 0.29) is 29.4 Å². The Morgan fingerprint density at radius 3 is 2.74 bits per heavy atom. The number of carbonyl (C=O) groups excluding carboxylic acids is 2. The predicted octanol–water partition coefficient (Wildman–Crippen LogP) is 0.959. The summed E-state index contributed by atoms with van der Waals surface area (Å²) >= 11 is 0. The molecule has 0 bridgehead atoms. The average molecular weight is 319 g/mol. The molecule has 1 N–H and O–H groups in total. The van der Waals surface area contributed by atoms with Crippen molar-refractivity contribution in [3.63, 3.8) is 0 Å². The van der Waals surface area contributed by atoms with Crippen LogP contribution in [0.2, 0.25) is 0 Å². The zero-order chi connectivity index (χ0) is 16.7. The minimum absolute atomic E-state index is 0.0331. The van der Waals surface area contributed by atoms with Crippen LogP contribution in [0.15, 0.2) is 4.79 Å². The van der Waals surface area contributed by atoms with Gasteiger partial charge in [-0.3, -0.25) is 14.5 Å². The van der Waals surface area contributed by atoms with E-state index < -0.39 is 0 Å². The van der Waals surface area contributed by atoms with E-state index in [2.05, 4.69) is 9.97 Å². The molecule has 2 aliphatic heterocycles. The summed E-state index contributed by atoms with van der Waals surface area (Å²) in [5.41, 5.74) is 0.171. The van der Waals surface area contributed by atoms with Gasteiger partial charge in [-0.05, 0) is 26.2 Å². The van der Waals surface area contributed by atoms with E-state index in [4.69, 9.17) is 0 Å². The van der Waals surface area contributed by atoms with Crippen molar-refractivity contribution in [2.75, 3.05) is 32.1 Å². The lowest BCUT2D eigenvalue weighted by Gasteiger charge is -2.43. The van der Waals surface area contributed by atoms with Gasteiger partial charge in [0.05, 0.1) is 11.6 Å². The van der Waals surface area contributed by atoms with E-state index in [0.717, 1.165) is 19.3 Å². The molecule has 1 aromatic rings. The molecule has 0 saturated carbocycles. The molecule has 3 amide bonds. The van der Waals surface area contributed by atoms with Gasteiger partial charge in [-0.25, -0.2) is 9.78 Å². The summed E-state index contributed by atoms with van der Waals surface area (Å²) in [5.74, 6) is -0.0941. The maximum absolute atomic E-state index is 12.7. The molecular formula is C15H21N5O3. The summed E-state index contributed by atoms with van der Waals surface area (Å²) < 4.78 is 0. The van der Waals surface area contributed by atoms with Crippen LogP contribution >= 0.6 is 0 Å². The Morgan fingerprint density at radius 1 is 1.35 bits per heavy atom. The monoisotopic (exact) mass is 319 g/mol. The number of hydrogen-bond donors (Lipinski definition) is 1. The van der Waals surface area contributed by atoms with Gasteiger partial charge in [0, 0.05) is 27.2 Å². The van der Waals surface area contributed by atoms with Gasteiger partial charge in [-0.2, -0.15) is 0 Å². The molecule has 1 saturated heterocycles. The summed E-state index contributed by atoms with van der Waals surface area (Å²) in [6.45, 7) is 2.89. The van der Waals surface area contributed by atoms with E-state index in [9.17, 15) is 14.4 Å². The summed E-state index contributed by atoms with van der Waals surface area (Å²) in [6, 6.07) is -0.375. The van der Waals surface area contributed by atoms with Crippen LogP contribution in [0.25, 0.3) is 0 Å². The normalized spacial score (nSPS) is 20.1. The van der Waals surface area contributed by atoms with Crippen LogP contribution in [0, 0.1) is 0 Å². The molecule has 8 heteroatoms. The van der Waals surface area contributed by atoms with Gasteiger partial charge in [0.2, 0.25) is 5.82 Å². The highest BCUT2D eigenvalue weighted by molar-refractivity contribution is 5.96. The molecule has 0 spiro atoms. The second-order valence-electron chi connectivity index (χ2n) is 6.08. The average Bonchev–Trinajstić information content (AvgIpc) is 2.54. The fraction of sp³-hybridized carbons (Fsp3) is 0.600. The number of urea groups is 1. The third kappa shape index (κ3) is 2.38. The second-order valence-corrected chi connectivity index (χ2v) is 6.08. The van der Waals surface area contributed by atoms with Crippen molar-refractivity contribution >= 4 is 17.8 Å². The van der Waals surface area contributed by atoms with Crippen LogP contribution in [0.1, 0.15) is 48.4 Å². The van der Waals surface area contributed by atoms with Crippen LogP contribution in [-0.4, -0.2) is 58.9 Å². The molecule has 2 aliphatic rings. The molecule has 23 heavy (non-hydrogen) atoms. The van der Waals surface area contributed by atoms with Crippen molar-refractivity contribution in [1.82, 2.24) is 19.8 Å². The Kier molecular flexibility index (Phi) is 3.83. The van der Waals surface area contributed by atoms with Gasteiger partial charge in [0.15, 0.2) is 0 Å². The minimum atomic E-state index is -0.389. The molecule has 3 heterocycles. The highest BCUT2D eigenvalue weighted by atomic mass is 16.2. The molecular weight excluding hydrogens is 298 g/mol. The number of hydrogen-bond acceptors (Lipinski definition) is 4. The number of aromatic nitrogens is 2. The Morgan fingerprint density at radius 2 is 2.09 bits per heavy atom. The summed E-state index contributed by atoms with van der Waals surface area (Å²) in [5, 5.41) is 0. The van der Waals surface area contributed by atoms with E-state index in [0.29, 0.717) is 24.5 Å². The number of carbonyl (C=O) groups is 2. The number of fused-ring (bicyclic) bond motifs is 3. The van der Waals surface area contributed by atoms with Crippen LogP contribution in [0.3, 0.4) is 0 Å². The lowest BCUT2D eigenvalue weighted by Crippen LogP contribution is -2.53. The van der Waals surface area contributed by atoms with Crippen molar-refractivity contribution in [3.8, 4) is 0 Å². The third-order valence-corrected chi connectivity index (χ3v) is 4.43. The molecule has 1 aromatic heterocycles. The number of anilines is 1. The fourth-order valence-electron chi connectivity index (χ4n) is 3.28. The minimum Gasteiger partial charge on any atom is -0.342 e. The molecule has 1 atom stereocenters. The van der Waals surface area contributed by atoms with Crippen LogP contribution in [0.5, 0.6) is 0 Å². The number of rotatable bonds is 2. The van der Waals surface area contributed by atoms with Gasteiger partial charge >= 0.3 is 6.03 Å². The van der Waals surface area contributed by atoms with Crippen LogP contribution in [0.4, 0.5) is 10.6 Å². The van der Waals surface area contributed by atoms with E-state index in [1.165, 1.54) is 9.80 Å². The maximum atomic E-state index is 12.7. The zero-order valence-electron chi connectivity index (χ0n) is 13.6. The molecule has 0 aliphatic carbocycles. The number of aromatic amines is 1. The predicted molar refractivity (Wildman–Crippen MR) is 84.6 cm³/mol. The lowest BCUT2D eigenvalue weighted by molar-refractivity contribution is 0.0814. The Bertz CT molecular complexity index is 712. The van der Waals surface area contributed by atoms with Crippen molar-refractivity contribution in [2.24, 2.45) is 0 Å². The quantitative estimate of drug-likeness (QED) is 0.879. The maximum Gasteiger partial charge on any atom is 0.326 e. The summed E-state index contributed by atoms with van der Waals surface area (Å²) in [4.78, 5) is 48.9. The van der Waals surface area contributed by atoms with Crippen LogP contribution < -0.4 is 10.5 Å². The first kappa shape index (κ1) is 15.5. The first-order chi connectivity index (χ1) is 11.0. The highest BCUT2D eigenvalue weighted by Gasteiger charge is 2.41. The first-order valence-electron chi connectivity index (χ1n) is 7.89. The largest absolute Gasteiger partial charge is 0.342 e. The van der Waals surface area contributed by atoms with E-state index in [1.807, 2.05) is 6.92 Å². The molecule has 3 rings (SSSR count). The Labute approximate surface area is 134 Å². The van der Waals surface area contributed by atoms with Crippen molar-refractivity contribution in [3.05, 3.63) is 21.7 Å². The van der Waals surface area contributed by atoms with Crippen molar-refractivity contribution in [1.29, 1.82) is 0 Å². The molecule has 1 fully saturated rings. The van der Waals surface area contributed by atoms with Gasteiger partial charge in [0.25, 0.3) is 11.5 Å². The smallest absolute Gasteiger partial charge is 0.326 e. The van der Waals surface area contributed by atoms with E-state index >= 15 is 0 Å². The standard InChI is InChI=1S/C15H21N5O3/c1-4-19-12-10(9-7-5-6-8-20(9)15(19)23)13(21)17-11(16-12)14(22)18(2)3/h9H,4-8H2,1-3H3,(H,16,17,21). The van der Waals surface area contributed by atoms with Crippen LogP contribution in [-0.2, 0) is 0 Å². The van der Waals surface area contributed by atoms with Gasteiger partial charge in [-0.1, -0.05) is 0 Å². The fourth-order valence-corrected chi connectivity index (χ4v) is 3.28. The number of nitrogens with one attached hydrogen (secondary N) is 1. The summed E-state index contributed by atoms with van der Waals surface area (Å²) in [6.07, 6.45) is 2.66. The topological polar surface area (TPSA) is 89.6 Å². The van der Waals surface area contributed by atoms with Crippen molar-refractivity contribution < 1.29 is 9.59 Å². The molecule has 1 unspecified atom stereocenters. The number of amides is 3. The van der Waals surface area contributed by atoms with Crippen molar-refractivity contribution in [2.45, 2.75) is 32.2 Å². The molecule has 124 valence electrons. The molecule has 0 aromatic carbocycles. The highest BCUT2D eigenvalue weighted by Crippen LogP contribution is 2.38. The first-order valence-corrected chi connectivity index (χ1v) is 7.89.